The highest BCUT2D eigenvalue weighted by Gasteiger charge is 2.17. The molecule has 22 heavy (non-hydrogen) atoms. The van der Waals surface area contributed by atoms with Gasteiger partial charge in [-0.1, -0.05) is 0 Å². The van der Waals surface area contributed by atoms with Crippen LogP contribution < -0.4 is 10.2 Å². The van der Waals surface area contributed by atoms with Gasteiger partial charge in [-0.05, 0) is 25.5 Å². The normalized spacial score (nSPS) is 10.9. The van der Waals surface area contributed by atoms with Crippen molar-refractivity contribution in [2.45, 2.75) is 20.8 Å². The zero-order valence-electron chi connectivity index (χ0n) is 12.3. The number of aromatic nitrogens is 1. The highest BCUT2D eigenvalue weighted by Crippen LogP contribution is 2.28. The van der Waals surface area contributed by atoms with E-state index in [9.17, 15) is 9.59 Å². The number of benzene rings is 1. The van der Waals surface area contributed by atoms with Crippen LogP contribution in [0.4, 0.5) is 0 Å². The molecular formula is C16H13NO4S. The number of carbonyl (C=O) groups is 1. The summed E-state index contributed by atoms with van der Waals surface area (Å²) in [5, 5.41) is 2.29. The molecule has 0 fully saturated rings. The van der Waals surface area contributed by atoms with Crippen molar-refractivity contribution in [1.82, 2.24) is 4.98 Å². The van der Waals surface area contributed by atoms with Crippen LogP contribution in [-0.2, 0) is 4.79 Å². The Bertz CT molecular complexity index is 925. The molecule has 0 amide bonds. The van der Waals surface area contributed by atoms with Crippen LogP contribution >= 0.6 is 11.3 Å². The van der Waals surface area contributed by atoms with Crippen molar-refractivity contribution in [2.24, 2.45) is 0 Å². The summed E-state index contributed by atoms with van der Waals surface area (Å²) in [7, 11) is 0. The molecule has 3 aromatic rings. The summed E-state index contributed by atoms with van der Waals surface area (Å²) in [5.74, 6) is 0.432. The second-order valence-electron chi connectivity index (χ2n) is 4.94. The molecule has 6 heteroatoms. The van der Waals surface area contributed by atoms with Crippen molar-refractivity contribution in [2.75, 3.05) is 0 Å². The Morgan fingerprint density at radius 3 is 2.73 bits per heavy atom. The molecule has 0 aliphatic rings. The lowest BCUT2D eigenvalue weighted by molar-refractivity contribution is -0.131. The average Bonchev–Trinajstić information content (AvgIpc) is 2.90. The third-order valence-corrected chi connectivity index (χ3v) is 3.88. The van der Waals surface area contributed by atoms with Crippen molar-refractivity contribution in [3.8, 4) is 17.0 Å². The fraction of sp³-hybridized carbons (Fsp3) is 0.188. The molecule has 0 spiro atoms. The van der Waals surface area contributed by atoms with E-state index in [0.717, 1.165) is 0 Å². The largest absolute Gasteiger partial charge is 0.460 e. The average molecular weight is 315 g/mol. The Kier molecular flexibility index (Phi) is 3.54. The number of carbonyl (C=O) groups excluding carboxylic acids is 1. The molecule has 2 heterocycles. The SMILES string of the molecule is CC(=O)Oc1cc(C)c2c(=O)c(-c3cscn3)c(C)oc2c1. The first-order valence-corrected chi connectivity index (χ1v) is 7.56. The van der Waals surface area contributed by atoms with Crippen molar-refractivity contribution >= 4 is 28.3 Å². The summed E-state index contributed by atoms with van der Waals surface area (Å²) in [6.07, 6.45) is 0. The quantitative estimate of drug-likeness (QED) is 0.535. The van der Waals surface area contributed by atoms with Gasteiger partial charge in [0, 0.05) is 18.4 Å². The van der Waals surface area contributed by atoms with Gasteiger partial charge in [-0.25, -0.2) is 4.98 Å². The monoisotopic (exact) mass is 315 g/mol. The predicted molar refractivity (Wildman–Crippen MR) is 84.4 cm³/mol. The smallest absolute Gasteiger partial charge is 0.308 e. The minimum absolute atomic E-state index is 0.128. The predicted octanol–water partition coefficient (Wildman–Crippen LogP) is 3.46. The Morgan fingerprint density at radius 1 is 1.32 bits per heavy atom. The van der Waals surface area contributed by atoms with Gasteiger partial charge in [0.2, 0.25) is 5.43 Å². The van der Waals surface area contributed by atoms with Crippen molar-refractivity contribution in [3.63, 3.8) is 0 Å². The van der Waals surface area contributed by atoms with E-state index in [2.05, 4.69) is 4.98 Å². The topological polar surface area (TPSA) is 69.4 Å². The summed E-state index contributed by atoms with van der Waals surface area (Å²) in [6, 6.07) is 3.21. The van der Waals surface area contributed by atoms with E-state index in [1.807, 2.05) is 5.38 Å². The lowest BCUT2D eigenvalue weighted by Crippen LogP contribution is -2.10. The summed E-state index contributed by atoms with van der Waals surface area (Å²) in [4.78, 5) is 28.1. The Morgan fingerprint density at radius 2 is 2.09 bits per heavy atom. The molecule has 0 bridgehead atoms. The molecule has 0 N–H and O–H groups in total. The second kappa shape index (κ2) is 5.38. The lowest BCUT2D eigenvalue weighted by Gasteiger charge is -2.09. The third-order valence-electron chi connectivity index (χ3n) is 3.29. The number of fused-ring (bicyclic) bond motifs is 1. The number of thiazole rings is 1. The summed E-state index contributed by atoms with van der Waals surface area (Å²) in [6.45, 7) is 4.84. The zero-order chi connectivity index (χ0) is 15.9. The first-order valence-electron chi connectivity index (χ1n) is 6.62. The number of nitrogens with zero attached hydrogens (tertiary/aromatic N) is 1. The van der Waals surface area contributed by atoms with Crippen LogP contribution in [0.2, 0.25) is 0 Å². The molecule has 0 aliphatic carbocycles. The van der Waals surface area contributed by atoms with Gasteiger partial charge in [-0.15, -0.1) is 11.3 Å². The standard InChI is InChI=1S/C16H13NO4S/c1-8-4-11(21-10(3)18)5-13-14(8)16(19)15(9(2)20-13)12-6-22-7-17-12/h4-7H,1-3H3. The van der Waals surface area contributed by atoms with Gasteiger partial charge in [-0.2, -0.15) is 0 Å². The van der Waals surface area contributed by atoms with E-state index in [1.165, 1.54) is 18.3 Å². The number of esters is 1. The first kappa shape index (κ1) is 14.5. The van der Waals surface area contributed by atoms with Gasteiger partial charge in [0.25, 0.3) is 0 Å². The maximum atomic E-state index is 12.8. The molecule has 0 radical (unpaired) electrons. The molecule has 1 aromatic carbocycles. The summed E-state index contributed by atoms with van der Waals surface area (Å²) < 4.78 is 10.8. The molecule has 0 unspecified atom stereocenters. The van der Waals surface area contributed by atoms with Crippen LogP contribution in [0.3, 0.4) is 0 Å². The molecule has 0 saturated heterocycles. The van der Waals surface area contributed by atoms with Gasteiger partial charge >= 0.3 is 5.97 Å². The number of ether oxygens (including phenoxy) is 1. The van der Waals surface area contributed by atoms with Crippen LogP contribution in [0.25, 0.3) is 22.2 Å². The minimum atomic E-state index is -0.420. The molecule has 0 atom stereocenters. The maximum absolute atomic E-state index is 12.8. The molecular weight excluding hydrogens is 302 g/mol. The van der Waals surface area contributed by atoms with Crippen molar-refractivity contribution < 1.29 is 13.9 Å². The van der Waals surface area contributed by atoms with Gasteiger partial charge in [0.15, 0.2) is 0 Å². The van der Waals surface area contributed by atoms with Gasteiger partial charge in [0.1, 0.15) is 17.1 Å². The fourth-order valence-electron chi connectivity index (χ4n) is 2.45. The van der Waals surface area contributed by atoms with Crippen LogP contribution in [0, 0.1) is 13.8 Å². The highest BCUT2D eigenvalue weighted by atomic mass is 32.1. The van der Waals surface area contributed by atoms with E-state index < -0.39 is 5.97 Å². The Hall–Kier alpha value is -2.47. The molecule has 0 aliphatic heterocycles. The summed E-state index contributed by atoms with van der Waals surface area (Å²) in [5.41, 5.74) is 3.72. The number of rotatable bonds is 2. The van der Waals surface area contributed by atoms with Crippen LogP contribution in [0.5, 0.6) is 5.75 Å². The molecule has 5 nitrogen and oxygen atoms in total. The second-order valence-corrected chi connectivity index (χ2v) is 5.66. The van der Waals surface area contributed by atoms with Crippen molar-refractivity contribution in [3.05, 3.63) is 44.6 Å². The van der Waals surface area contributed by atoms with E-state index in [0.29, 0.717) is 39.3 Å². The molecule has 3 rings (SSSR count). The number of hydrogen-bond acceptors (Lipinski definition) is 6. The number of aryl methyl sites for hydroxylation is 2. The van der Waals surface area contributed by atoms with Gasteiger partial charge in [-0.3, -0.25) is 9.59 Å². The lowest BCUT2D eigenvalue weighted by atomic mass is 10.0. The van der Waals surface area contributed by atoms with Crippen LogP contribution in [-0.4, -0.2) is 11.0 Å². The zero-order valence-corrected chi connectivity index (χ0v) is 13.1. The van der Waals surface area contributed by atoms with Crippen LogP contribution in [0.15, 0.2) is 32.2 Å². The molecule has 112 valence electrons. The fourth-order valence-corrected chi connectivity index (χ4v) is 3.00. The van der Waals surface area contributed by atoms with E-state index >= 15 is 0 Å². The minimum Gasteiger partial charge on any atom is -0.460 e. The third kappa shape index (κ3) is 2.42. The van der Waals surface area contributed by atoms with E-state index in [4.69, 9.17) is 9.15 Å². The van der Waals surface area contributed by atoms with E-state index in [1.54, 1.807) is 31.5 Å². The van der Waals surface area contributed by atoms with Gasteiger partial charge in [0.05, 0.1) is 22.2 Å². The van der Waals surface area contributed by atoms with Crippen molar-refractivity contribution in [1.29, 1.82) is 0 Å². The van der Waals surface area contributed by atoms with Gasteiger partial charge < -0.3 is 9.15 Å². The number of hydrogen-bond donors (Lipinski definition) is 0. The van der Waals surface area contributed by atoms with E-state index in [-0.39, 0.29) is 5.43 Å². The molecule has 2 aromatic heterocycles. The van der Waals surface area contributed by atoms with Crippen LogP contribution in [0.1, 0.15) is 18.2 Å². The Labute approximate surface area is 130 Å². The molecule has 0 saturated carbocycles. The first-order chi connectivity index (χ1) is 10.5. The Balaban J connectivity index is 2.31. The maximum Gasteiger partial charge on any atom is 0.308 e. The highest BCUT2D eigenvalue weighted by molar-refractivity contribution is 7.07. The summed E-state index contributed by atoms with van der Waals surface area (Å²) >= 11 is 1.42.